The molecule has 0 spiro atoms. The van der Waals surface area contributed by atoms with Gasteiger partial charge >= 0.3 is 0 Å². The van der Waals surface area contributed by atoms with Crippen molar-refractivity contribution in [1.29, 1.82) is 0 Å². The van der Waals surface area contributed by atoms with Crippen molar-refractivity contribution >= 4 is 11.6 Å². The number of oxime groups is 1. The predicted octanol–water partition coefficient (Wildman–Crippen LogP) is 0.797. The fraction of sp³-hybridized carbons (Fsp3) is 0. The number of benzene rings is 1. The van der Waals surface area contributed by atoms with Gasteiger partial charge in [-0.3, -0.25) is 4.79 Å². The molecule has 0 fully saturated rings. The number of rotatable bonds is 2. The van der Waals surface area contributed by atoms with E-state index in [4.69, 9.17) is 5.21 Å². The average molecular weight is 216 g/mol. The van der Waals surface area contributed by atoms with Crippen LogP contribution in [0.1, 0.15) is 10.4 Å². The first-order valence-corrected chi connectivity index (χ1v) is 4.49. The maximum atomic E-state index is 11.9. The highest BCUT2D eigenvalue weighted by atomic mass is 16.4. The van der Waals surface area contributed by atoms with Gasteiger partial charge < -0.3 is 5.21 Å². The average Bonchev–Trinajstić information content (AvgIpc) is 2.85. The van der Waals surface area contributed by atoms with Gasteiger partial charge in [0.05, 0.1) is 0 Å². The molecule has 6 heteroatoms. The van der Waals surface area contributed by atoms with Crippen molar-refractivity contribution in [3.63, 3.8) is 0 Å². The Hall–Kier alpha value is -2.50. The summed E-state index contributed by atoms with van der Waals surface area (Å²) < 4.78 is 1.11. The van der Waals surface area contributed by atoms with E-state index in [2.05, 4.69) is 15.2 Å². The normalized spacial score (nSPS) is 11.4. The molecule has 0 radical (unpaired) electrons. The van der Waals surface area contributed by atoms with Crippen LogP contribution in [0.15, 0.2) is 48.1 Å². The maximum Gasteiger partial charge on any atom is 0.242 e. The summed E-state index contributed by atoms with van der Waals surface area (Å²) in [4.78, 5) is 15.6. The van der Waals surface area contributed by atoms with Crippen LogP contribution in [0.25, 0.3) is 0 Å². The van der Waals surface area contributed by atoms with E-state index in [1.165, 1.54) is 12.7 Å². The molecule has 16 heavy (non-hydrogen) atoms. The Labute approximate surface area is 90.9 Å². The lowest BCUT2D eigenvalue weighted by Crippen LogP contribution is -2.23. The molecule has 80 valence electrons. The van der Waals surface area contributed by atoms with Crippen molar-refractivity contribution in [1.82, 2.24) is 14.8 Å². The Kier molecular flexibility index (Phi) is 2.73. The SMILES string of the molecule is O=C(C(=NO)n1cncn1)c1ccccc1. The molecular formula is C10H8N4O2. The van der Waals surface area contributed by atoms with Gasteiger partial charge in [-0.05, 0) is 0 Å². The van der Waals surface area contributed by atoms with Crippen molar-refractivity contribution in [2.24, 2.45) is 5.16 Å². The van der Waals surface area contributed by atoms with Gasteiger partial charge in [0.1, 0.15) is 12.7 Å². The number of Topliss-reactive ketones (excluding diaryl/α,β-unsaturated/α-hetero) is 1. The van der Waals surface area contributed by atoms with Gasteiger partial charge in [-0.15, -0.1) is 0 Å². The molecule has 1 aromatic carbocycles. The molecule has 0 saturated carbocycles. The van der Waals surface area contributed by atoms with Gasteiger partial charge in [0.15, 0.2) is 0 Å². The van der Waals surface area contributed by atoms with E-state index in [-0.39, 0.29) is 5.84 Å². The standard InChI is InChI=1S/C10H8N4O2/c15-9(8-4-2-1-3-5-8)10(13-16)14-7-11-6-12-14/h1-7,16H. The summed E-state index contributed by atoms with van der Waals surface area (Å²) in [5, 5.41) is 15.5. The molecule has 0 aliphatic heterocycles. The molecule has 0 atom stereocenters. The molecular weight excluding hydrogens is 208 g/mol. The number of carbonyl (C=O) groups is 1. The second kappa shape index (κ2) is 4.35. The number of hydrogen-bond donors (Lipinski definition) is 1. The third-order valence-electron chi connectivity index (χ3n) is 1.97. The van der Waals surface area contributed by atoms with Crippen LogP contribution in [-0.2, 0) is 0 Å². The maximum absolute atomic E-state index is 11.9. The van der Waals surface area contributed by atoms with E-state index in [0.717, 1.165) is 4.68 Å². The summed E-state index contributed by atoms with van der Waals surface area (Å²) in [6, 6.07) is 8.50. The zero-order valence-electron chi connectivity index (χ0n) is 8.19. The molecule has 2 aromatic rings. The molecule has 1 N–H and O–H groups in total. The van der Waals surface area contributed by atoms with Crippen LogP contribution in [0.4, 0.5) is 0 Å². The minimum Gasteiger partial charge on any atom is -0.409 e. The molecule has 0 bridgehead atoms. The minimum atomic E-state index is -0.423. The van der Waals surface area contributed by atoms with Crippen LogP contribution in [0.3, 0.4) is 0 Å². The Morgan fingerprint density at radius 2 is 2.06 bits per heavy atom. The van der Waals surface area contributed by atoms with Crippen LogP contribution < -0.4 is 0 Å². The summed E-state index contributed by atoms with van der Waals surface area (Å²) in [5.41, 5.74) is 0.422. The zero-order chi connectivity index (χ0) is 11.4. The topological polar surface area (TPSA) is 80.4 Å². The van der Waals surface area contributed by atoms with E-state index < -0.39 is 5.78 Å². The van der Waals surface area contributed by atoms with Crippen LogP contribution in [0.5, 0.6) is 0 Å². The molecule has 0 unspecified atom stereocenters. The summed E-state index contributed by atoms with van der Waals surface area (Å²) >= 11 is 0. The van der Waals surface area contributed by atoms with Gasteiger partial charge in [-0.2, -0.15) is 9.78 Å². The number of nitrogens with zero attached hydrogens (tertiary/aromatic N) is 4. The lowest BCUT2D eigenvalue weighted by molar-refractivity contribution is 0.105. The molecule has 1 aromatic heterocycles. The number of aromatic nitrogens is 3. The molecule has 0 saturated heterocycles. The third-order valence-corrected chi connectivity index (χ3v) is 1.97. The number of hydrogen-bond acceptors (Lipinski definition) is 5. The number of carbonyl (C=O) groups excluding carboxylic acids is 1. The summed E-state index contributed by atoms with van der Waals surface area (Å²) in [7, 11) is 0. The van der Waals surface area contributed by atoms with Crippen LogP contribution in [0.2, 0.25) is 0 Å². The van der Waals surface area contributed by atoms with Crippen molar-refractivity contribution < 1.29 is 10.0 Å². The highest BCUT2D eigenvalue weighted by molar-refractivity contribution is 6.45. The largest absolute Gasteiger partial charge is 0.409 e. The molecule has 1 heterocycles. The van der Waals surface area contributed by atoms with Gasteiger partial charge in [-0.1, -0.05) is 35.5 Å². The summed E-state index contributed by atoms with van der Waals surface area (Å²) in [6.07, 6.45) is 2.54. The van der Waals surface area contributed by atoms with Gasteiger partial charge in [0.2, 0.25) is 11.6 Å². The lowest BCUT2D eigenvalue weighted by atomic mass is 10.1. The highest BCUT2D eigenvalue weighted by Gasteiger charge is 2.16. The quantitative estimate of drug-likeness (QED) is 0.264. The second-order valence-corrected chi connectivity index (χ2v) is 2.96. The third kappa shape index (κ3) is 1.81. The molecule has 0 aliphatic rings. The van der Waals surface area contributed by atoms with Crippen molar-refractivity contribution in [2.45, 2.75) is 0 Å². The fourth-order valence-corrected chi connectivity index (χ4v) is 1.23. The minimum absolute atomic E-state index is 0.191. The molecule has 0 amide bonds. The summed E-state index contributed by atoms with van der Waals surface area (Å²) in [5.74, 6) is -0.614. The highest BCUT2D eigenvalue weighted by Crippen LogP contribution is 2.02. The first-order chi connectivity index (χ1) is 7.83. The van der Waals surface area contributed by atoms with Crippen molar-refractivity contribution in [3.05, 3.63) is 48.5 Å². The van der Waals surface area contributed by atoms with E-state index >= 15 is 0 Å². The molecule has 6 nitrogen and oxygen atoms in total. The first kappa shape index (κ1) is 10.0. The number of ketones is 1. The van der Waals surface area contributed by atoms with Crippen LogP contribution in [-0.4, -0.2) is 31.6 Å². The van der Waals surface area contributed by atoms with Gasteiger partial charge in [0.25, 0.3) is 0 Å². The van der Waals surface area contributed by atoms with E-state index in [1.54, 1.807) is 30.3 Å². The fourth-order valence-electron chi connectivity index (χ4n) is 1.23. The predicted molar refractivity (Wildman–Crippen MR) is 55.4 cm³/mol. The van der Waals surface area contributed by atoms with Crippen molar-refractivity contribution in [2.75, 3.05) is 0 Å². The molecule has 0 aliphatic carbocycles. The second-order valence-electron chi connectivity index (χ2n) is 2.96. The van der Waals surface area contributed by atoms with Crippen LogP contribution >= 0.6 is 0 Å². The van der Waals surface area contributed by atoms with E-state index in [1.807, 2.05) is 0 Å². The molecule has 2 rings (SSSR count). The van der Waals surface area contributed by atoms with E-state index in [0.29, 0.717) is 5.56 Å². The van der Waals surface area contributed by atoms with E-state index in [9.17, 15) is 4.79 Å². The Morgan fingerprint density at radius 1 is 1.31 bits per heavy atom. The summed E-state index contributed by atoms with van der Waals surface area (Å²) in [6.45, 7) is 0. The first-order valence-electron chi connectivity index (χ1n) is 4.49. The zero-order valence-corrected chi connectivity index (χ0v) is 8.19. The monoisotopic (exact) mass is 216 g/mol. The van der Waals surface area contributed by atoms with Gasteiger partial charge in [-0.25, -0.2) is 4.98 Å². The lowest BCUT2D eigenvalue weighted by Gasteiger charge is -2.02. The smallest absolute Gasteiger partial charge is 0.242 e. The van der Waals surface area contributed by atoms with Gasteiger partial charge in [0, 0.05) is 5.56 Å². The Balaban J connectivity index is 2.35. The van der Waals surface area contributed by atoms with Crippen LogP contribution in [0, 0.1) is 0 Å². The Bertz CT molecular complexity index is 505. The van der Waals surface area contributed by atoms with Crippen molar-refractivity contribution in [3.8, 4) is 0 Å². The Morgan fingerprint density at radius 3 is 2.62 bits per heavy atom.